The quantitative estimate of drug-likeness (QED) is 0.889. The monoisotopic (exact) mass is 291 g/mol. The molecule has 0 saturated carbocycles. The minimum absolute atomic E-state index is 0.556. The third-order valence-corrected chi connectivity index (χ3v) is 3.23. The van der Waals surface area contributed by atoms with Crippen LogP contribution in [0.5, 0.6) is 11.6 Å². The van der Waals surface area contributed by atoms with Gasteiger partial charge in [0.25, 0.3) is 0 Å². The van der Waals surface area contributed by atoms with Gasteiger partial charge in [0.2, 0.25) is 11.8 Å². The van der Waals surface area contributed by atoms with Crippen LogP contribution in [0.25, 0.3) is 0 Å². The van der Waals surface area contributed by atoms with E-state index in [1.165, 1.54) is 0 Å². The Morgan fingerprint density at radius 3 is 2.75 bits per heavy atom. The van der Waals surface area contributed by atoms with Gasteiger partial charge in [-0.2, -0.15) is 4.98 Å². The predicted molar refractivity (Wildman–Crippen MR) is 81.8 cm³/mol. The lowest BCUT2D eigenvalue weighted by Crippen LogP contribution is -2.05. The first-order chi connectivity index (χ1) is 9.60. The number of hydrogen-bond donors (Lipinski definition) is 1. The fraction of sp³-hybridized carbons (Fsp3) is 0.333. The minimum Gasteiger partial charge on any atom is -0.439 e. The Hall–Kier alpha value is -1.81. The van der Waals surface area contributed by atoms with Crippen molar-refractivity contribution < 1.29 is 4.74 Å². The molecule has 1 heterocycles. The zero-order valence-electron chi connectivity index (χ0n) is 11.9. The summed E-state index contributed by atoms with van der Waals surface area (Å²) in [7, 11) is 0. The topological polar surface area (TPSA) is 47.0 Å². The van der Waals surface area contributed by atoms with Crippen molar-refractivity contribution in [2.75, 3.05) is 11.9 Å². The first-order valence-electron chi connectivity index (χ1n) is 6.61. The molecule has 4 nitrogen and oxygen atoms in total. The highest BCUT2D eigenvalue weighted by Gasteiger charge is 2.07. The second-order valence-electron chi connectivity index (χ2n) is 4.62. The van der Waals surface area contributed by atoms with Crippen molar-refractivity contribution >= 4 is 17.5 Å². The zero-order valence-corrected chi connectivity index (χ0v) is 12.7. The summed E-state index contributed by atoms with van der Waals surface area (Å²) >= 11 is 6.01. The van der Waals surface area contributed by atoms with Crippen LogP contribution in [0.1, 0.15) is 24.5 Å². The Morgan fingerprint density at radius 2 is 2.05 bits per heavy atom. The maximum atomic E-state index is 6.01. The van der Waals surface area contributed by atoms with Crippen LogP contribution in [-0.2, 0) is 0 Å². The second-order valence-corrected chi connectivity index (χ2v) is 5.03. The molecule has 1 aromatic carbocycles. The van der Waals surface area contributed by atoms with Gasteiger partial charge in [0, 0.05) is 23.3 Å². The molecule has 2 rings (SSSR count). The van der Waals surface area contributed by atoms with E-state index in [-0.39, 0.29) is 0 Å². The molecule has 2 aromatic rings. The molecule has 0 aliphatic heterocycles. The summed E-state index contributed by atoms with van der Waals surface area (Å²) in [4.78, 5) is 8.61. The molecule has 1 aromatic heterocycles. The normalized spacial score (nSPS) is 10.4. The van der Waals surface area contributed by atoms with Crippen LogP contribution >= 0.6 is 11.6 Å². The predicted octanol–water partition coefficient (Wildman–Crippen LogP) is 4.36. The van der Waals surface area contributed by atoms with Crippen molar-refractivity contribution in [2.24, 2.45) is 0 Å². The molecule has 0 bridgehead atoms. The van der Waals surface area contributed by atoms with E-state index < -0.39 is 0 Å². The SMILES string of the molecule is CCCNc1ncc(C)c(Oc2ccc(Cl)c(C)c2)n1. The van der Waals surface area contributed by atoms with Gasteiger partial charge in [-0.05, 0) is 44.0 Å². The number of aromatic nitrogens is 2. The van der Waals surface area contributed by atoms with Crippen molar-refractivity contribution in [1.82, 2.24) is 9.97 Å². The van der Waals surface area contributed by atoms with Gasteiger partial charge >= 0.3 is 0 Å². The van der Waals surface area contributed by atoms with E-state index in [1.54, 1.807) is 6.20 Å². The molecule has 0 fully saturated rings. The Balaban J connectivity index is 2.20. The van der Waals surface area contributed by atoms with Gasteiger partial charge in [-0.15, -0.1) is 0 Å². The van der Waals surface area contributed by atoms with Gasteiger partial charge in [-0.25, -0.2) is 4.98 Å². The van der Waals surface area contributed by atoms with Gasteiger partial charge in [0.15, 0.2) is 0 Å². The molecule has 106 valence electrons. The summed E-state index contributed by atoms with van der Waals surface area (Å²) in [5.74, 6) is 1.86. The molecule has 1 N–H and O–H groups in total. The van der Waals surface area contributed by atoms with Crippen molar-refractivity contribution in [3.63, 3.8) is 0 Å². The first-order valence-corrected chi connectivity index (χ1v) is 6.99. The van der Waals surface area contributed by atoms with Crippen molar-refractivity contribution in [3.05, 3.63) is 40.5 Å². The summed E-state index contributed by atoms with van der Waals surface area (Å²) in [5.41, 5.74) is 1.86. The number of rotatable bonds is 5. The van der Waals surface area contributed by atoms with Gasteiger partial charge in [-0.1, -0.05) is 18.5 Å². The van der Waals surface area contributed by atoms with E-state index >= 15 is 0 Å². The van der Waals surface area contributed by atoms with E-state index in [9.17, 15) is 0 Å². The van der Waals surface area contributed by atoms with Crippen LogP contribution in [0.4, 0.5) is 5.95 Å². The van der Waals surface area contributed by atoms with E-state index in [1.807, 2.05) is 32.0 Å². The van der Waals surface area contributed by atoms with E-state index in [0.29, 0.717) is 11.8 Å². The van der Waals surface area contributed by atoms with Gasteiger partial charge < -0.3 is 10.1 Å². The fourth-order valence-corrected chi connectivity index (χ4v) is 1.76. The summed E-state index contributed by atoms with van der Waals surface area (Å²) in [6.07, 6.45) is 2.77. The van der Waals surface area contributed by atoms with Crippen molar-refractivity contribution in [1.29, 1.82) is 0 Å². The van der Waals surface area contributed by atoms with Gasteiger partial charge in [-0.3, -0.25) is 0 Å². The minimum atomic E-state index is 0.556. The van der Waals surface area contributed by atoms with Crippen LogP contribution < -0.4 is 10.1 Å². The average molecular weight is 292 g/mol. The molecule has 0 amide bonds. The number of halogens is 1. The molecule has 0 saturated heterocycles. The van der Waals surface area contributed by atoms with Gasteiger partial charge in [0.05, 0.1) is 0 Å². The molecule has 0 radical (unpaired) electrons. The molecular formula is C15H18ClN3O. The molecular weight excluding hydrogens is 274 g/mol. The van der Waals surface area contributed by atoms with Crippen LogP contribution in [-0.4, -0.2) is 16.5 Å². The average Bonchev–Trinajstić information content (AvgIpc) is 2.44. The molecule has 0 unspecified atom stereocenters. The van der Waals surface area contributed by atoms with Crippen LogP contribution in [0.3, 0.4) is 0 Å². The van der Waals surface area contributed by atoms with Crippen LogP contribution in [0, 0.1) is 13.8 Å². The molecule has 20 heavy (non-hydrogen) atoms. The highest BCUT2D eigenvalue weighted by atomic mass is 35.5. The highest BCUT2D eigenvalue weighted by molar-refractivity contribution is 6.31. The summed E-state index contributed by atoms with van der Waals surface area (Å²) < 4.78 is 5.82. The van der Waals surface area contributed by atoms with Crippen LogP contribution in [0.15, 0.2) is 24.4 Å². The van der Waals surface area contributed by atoms with E-state index in [4.69, 9.17) is 16.3 Å². The Kier molecular flexibility index (Phi) is 4.79. The number of nitrogens with zero attached hydrogens (tertiary/aromatic N) is 2. The number of nitrogens with one attached hydrogen (secondary N) is 1. The highest BCUT2D eigenvalue weighted by Crippen LogP contribution is 2.26. The summed E-state index contributed by atoms with van der Waals surface area (Å²) in [6, 6.07) is 5.54. The number of benzene rings is 1. The largest absolute Gasteiger partial charge is 0.439 e. The second kappa shape index (κ2) is 6.57. The molecule has 0 atom stereocenters. The lowest BCUT2D eigenvalue weighted by atomic mass is 10.2. The van der Waals surface area contributed by atoms with Crippen LogP contribution in [0.2, 0.25) is 5.02 Å². The molecule has 0 aliphatic rings. The van der Waals surface area contributed by atoms with Gasteiger partial charge in [0.1, 0.15) is 5.75 Å². The summed E-state index contributed by atoms with van der Waals surface area (Å²) in [5, 5.41) is 3.87. The Labute approximate surface area is 124 Å². The van der Waals surface area contributed by atoms with Crippen molar-refractivity contribution in [3.8, 4) is 11.6 Å². The Morgan fingerprint density at radius 1 is 1.25 bits per heavy atom. The molecule has 5 heteroatoms. The third-order valence-electron chi connectivity index (χ3n) is 2.80. The smallest absolute Gasteiger partial charge is 0.226 e. The Bertz CT molecular complexity index is 602. The maximum absolute atomic E-state index is 6.01. The zero-order chi connectivity index (χ0) is 14.5. The van der Waals surface area contributed by atoms with E-state index in [0.717, 1.165) is 34.9 Å². The number of aryl methyl sites for hydroxylation is 2. The maximum Gasteiger partial charge on any atom is 0.226 e. The lowest BCUT2D eigenvalue weighted by Gasteiger charge is -2.10. The number of hydrogen-bond acceptors (Lipinski definition) is 4. The molecule has 0 spiro atoms. The first kappa shape index (κ1) is 14.6. The standard InChI is InChI=1S/C15H18ClN3O/c1-4-7-17-15-18-9-11(3)14(19-15)20-12-5-6-13(16)10(2)8-12/h5-6,8-9H,4,7H2,1-3H3,(H,17,18,19). The molecule has 0 aliphatic carbocycles. The lowest BCUT2D eigenvalue weighted by molar-refractivity contribution is 0.458. The van der Waals surface area contributed by atoms with Crippen molar-refractivity contribution in [2.45, 2.75) is 27.2 Å². The third kappa shape index (κ3) is 3.61. The number of anilines is 1. The summed E-state index contributed by atoms with van der Waals surface area (Å²) in [6.45, 7) is 6.79. The van der Waals surface area contributed by atoms with E-state index in [2.05, 4.69) is 22.2 Å². The number of ether oxygens (including phenoxy) is 1. The fourth-order valence-electron chi connectivity index (χ4n) is 1.64.